The number of hydrogen-bond acceptors (Lipinski definition) is 3. The first kappa shape index (κ1) is 12.2. The molecule has 0 saturated heterocycles. The van der Waals surface area contributed by atoms with E-state index in [0.29, 0.717) is 18.8 Å². The minimum atomic E-state index is -0.0283. The van der Waals surface area contributed by atoms with Gasteiger partial charge in [0.15, 0.2) is 0 Å². The van der Waals surface area contributed by atoms with Gasteiger partial charge in [-0.2, -0.15) is 5.10 Å². The maximum Gasteiger partial charge on any atom is 0.224 e. The Morgan fingerprint density at radius 2 is 2.11 bits per heavy atom. The van der Waals surface area contributed by atoms with Crippen LogP contribution in [0.15, 0.2) is 30.5 Å². The van der Waals surface area contributed by atoms with E-state index in [1.165, 1.54) is 5.56 Å². The van der Waals surface area contributed by atoms with Crippen molar-refractivity contribution >= 4 is 11.7 Å². The minimum Gasteiger partial charge on any atom is -0.384 e. The van der Waals surface area contributed by atoms with E-state index in [2.05, 4.69) is 15.5 Å². The van der Waals surface area contributed by atoms with Crippen LogP contribution in [-0.2, 0) is 17.8 Å². The molecule has 5 heteroatoms. The monoisotopic (exact) mass is 244 g/mol. The van der Waals surface area contributed by atoms with Crippen LogP contribution in [0.4, 0.5) is 5.82 Å². The average Bonchev–Trinajstić information content (AvgIpc) is 2.75. The maximum atomic E-state index is 11.7. The number of aryl methyl sites for hydroxylation is 1. The van der Waals surface area contributed by atoms with Crippen molar-refractivity contribution < 1.29 is 4.79 Å². The van der Waals surface area contributed by atoms with Crippen molar-refractivity contribution in [3.05, 3.63) is 47.2 Å². The predicted molar refractivity (Wildman–Crippen MR) is 69.7 cm³/mol. The van der Waals surface area contributed by atoms with Gasteiger partial charge in [0.25, 0.3) is 0 Å². The Morgan fingerprint density at radius 3 is 2.72 bits per heavy atom. The lowest BCUT2D eigenvalue weighted by Gasteiger charge is -2.05. The lowest BCUT2D eigenvalue weighted by atomic mass is 10.1. The van der Waals surface area contributed by atoms with Crippen molar-refractivity contribution in [2.24, 2.45) is 0 Å². The number of amides is 1. The summed E-state index contributed by atoms with van der Waals surface area (Å²) in [7, 11) is 0. The Kier molecular flexibility index (Phi) is 3.62. The quantitative estimate of drug-likeness (QED) is 0.754. The van der Waals surface area contributed by atoms with Crippen LogP contribution in [-0.4, -0.2) is 16.1 Å². The molecule has 94 valence electrons. The van der Waals surface area contributed by atoms with Crippen molar-refractivity contribution in [1.82, 2.24) is 15.5 Å². The molecule has 4 N–H and O–H groups in total. The summed E-state index contributed by atoms with van der Waals surface area (Å²) in [5, 5.41) is 9.23. The van der Waals surface area contributed by atoms with Gasteiger partial charge < -0.3 is 11.1 Å². The van der Waals surface area contributed by atoms with Gasteiger partial charge in [0.05, 0.1) is 12.6 Å². The van der Waals surface area contributed by atoms with Crippen molar-refractivity contribution in [3.8, 4) is 0 Å². The van der Waals surface area contributed by atoms with Crippen molar-refractivity contribution in [2.45, 2.75) is 19.9 Å². The Balaban J connectivity index is 1.86. The van der Waals surface area contributed by atoms with Gasteiger partial charge in [0.1, 0.15) is 5.82 Å². The topological polar surface area (TPSA) is 83.8 Å². The van der Waals surface area contributed by atoms with E-state index >= 15 is 0 Å². The number of nitrogen functional groups attached to an aromatic ring is 1. The number of nitrogens with one attached hydrogen (secondary N) is 2. The Labute approximate surface area is 105 Å². The number of nitrogens with two attached hydrogens (primary N) is 1. The highest BCUT2D eigenvalue weighted by Gasteiger charge is 2.05. The number of H-pyrrole nitrogens is 1. The molecule has 2 aromatic rings. The second-order valence-corrected chi connectivity index (χ2v) is 4.25. The average molecular weight is 244 g/mol. The van der Waals surface area contributed by atoms with Gasteiger partial charge in [-0.1, -0.05) is 29.8 Å². The Morgan fingerprint density at radius 1 is 1.39 bits per heavy atom. The summed E-state index contributed by atoms with van der Waals surface area (Å²) in [5.74, 6) is 0.463. The molecule has 18 heavy (non-hydrogen) atoms. The number of carbonyl (C=O) groups is 1. The van der Waals surface area contributed by atoms with E-state index in [-0.39, 0.29) is 5.91 Å². The predicted octanol–water partition coefficient (Wildman–Crippen LogP) is 1.16. The molecule has 0 atom stereocenters. The van der Waals surface area contributed by atoms with Crippen LogP contribution in [0.3, 0.4) is 0 Å². The second kappa shape index (κ2) is 5.35. The first-order valence-corrected chi connectivity index (χ1v) is 5.75. The number of carbonyl (C=O) groups excluding carboxylic acids is 1. The molecule has 0 aliphatic rings. The molecule has 0 aliphatic carbocycles. The van der Waals surface area contributed by atoms with Crippen molar-refractivity contribution in [2.75, 3.05) is 5.73 Å². The van der Waals surface area contributed by atoms with Crippen LogP contribution >= 0.6 is 0 Å². The van der Waals surface area contributed by atoms with E-state index in [0.717, 1.165) is 11.1 Å². The number of aromatic nitrogens is 2. The van der Waals surface area contributed by atoms with Crippen LogP contribution in [0.2, 0.25) is 0 Å². The lowest BCUT2D eigenvalue weighted by molar-refractivity contribution is -0.120. The fourth-order valence-corrected chi connectivity index (χ4v) is 1.61. The number of nitrogens with zero attached hydrogens (tertiary/aromatic N) is 1. The van der Waals surface area contributed by atoms with Gasteiger partial charge in [-0.15, -0.1) is 0 Å². The zero-order valence-corrected chi connectivity index (χ0v) is 10.2. The molecule has 1 amide bonds. The first-order chi connectivity index (χ1) is 8.65. The van der Waals surface area contributed by atoms with Crippen LogP contribution in [0.5, 0.6) is 0 Å². The minimum absolute atomic E-state index is 0.0283. The highest BCUT2D eigenvalue weighted by Crippen LogP contribution is 2.06. The third-order valence-corrected chi connectivity index (χ3v) is 2.71. The Bertz CT molecular complexity index is 530. The number of rotatable bonds is 4. The standard InChI is InChI=1S/C13H16N4O/c1-9-2-4-10(5-3-9)6-12(18)15-7-11-8-16-17-13(11)14/h2-5,8H,6-7H2,1H3,(H,15,18)(H3,14,16,17). The molecular formula is C13H16N4O. The molecule has 0 fully saturated rings. The lowest BCUT2D eigenvalue weighted by Crippen LogP contribution is -2.24. The molecule has 2 rings (SSSR count). The zero-order valence-electron chi connectivity index (χ0n) is 10.2. The van der Waals surface area contributed by atoms with Gasteiger partial charge in [-0.05, 0) is 12.5 Å². The van der Waals surface area contributed by atoms with Gasteiger partial charge in [-0.3, -0.25) is 9.89 Å². The number of benzene rings is 1. The van der Waals surface area contributed by atoms with Crippen LogP contribution < -0.4 is 11.1 Å². The molecule has 5 nitrogen and oxygen atoms in total. The molecule has 0 saturated carbocycles. The summed E-state index contributed by atoms with van der Waals surface area (Å²) in [5.41, 5.74) is 8.61. The maximum absolute atomic E-state index is 11.7. The van der Waals surface area contributed by atoms with Crippen LogP contribution in [0.25, 0.3) is 0 Å². The zero-order chi connectivity index (χ0) is 13.0. The molecule has 1 aromatic heterocycles. The van der Waals surface area contributed by atoms with Gasteiger partial charge in [0, 0.05) is 12.1 Å². The van der Waals surface area contributed by atoms with Crippen molar-refractivity contribution in [3.63, 3.8) is 0 Å². The molecule has 0 bridgehead atoms. The van der Waals surface area contributed by atoms with Crippen LogP contribution in [0.1, 0.15) is 16.7 Å². The SMILES string of the molecule is Cc1ccc(CC(=O)NCc2cn[nH]c2N)cc1. The molecule has 0 unspecified atom stereocenters. The van der Waals surface area contributed by atoms with E-state index in [4.69, 9.17) is 5.73 Å². The summed E-state index contributed by atoms with van der Waals surface area (Å²) >= 11 is 0. The molecule has 0 aliphatic heterocycles. The number of aromatic amines is 1. The van der Waals surface area contributed by atoms with E-state index in [1.807, 2.05) is 31.2 Å². The summed E-state index contributed by atoms with van der Waals surface area (Å²) in [6, 6.07) is 7.91. The second-order valence-electron chi connectivity index (χ2n) is 4.25. The summed E-state index contributed by atoms with van der Waals surface area (Å²) < 4.78 is 0. The summed E-state index contributed by atoms with van der Waals surface area (Å²) in [6.45, 7) is 2.42. The number of hydrogen-bond donors (Lipinski definition) is 3. The normalized spacial score (nSPS) is 10.3. The molecule has 1 heterocycles. The number of anilines is 1. The molecule has 1 aromatic carbocycles. The first-order valence-electron chi connectivity index (χ1n) is 5.75. The largest absolute Gasteiger partial charge is 0.384 e. The molecule has 0 spiro atoms. The van der Waals surface area contributed by atoms with E-state index in [9.17, 15) is 4.79 Å². The molecular weight excluding hydrogens is 228 g/mol. The molecule has 0 radical (unpaired) electrons. The van der Waals surface area contributed by atoms with Gasteiger partial charge in [-0.25, -0.2) is 0 Å². The van der Waals surface area contributed by atoms with E-state index < -0.39 is 0 Å². The fraction of sp³-hybridized carbons (Fsp3) is 0.231. The summed E-state index contributed by atoms with van der Waals surface area (Å²) in [6.07, 6.45) is 1.99. The summed E-state index contributed by atoms with van der Waals surface area (Å²) in [4.78, 5) is 11.7. The smallest absolute Gasteiger partial charge is 0.224 e. The van der Waals surface area contributed by atoms with Gasteiger partial charge in [0.2, 0.25) is 5.91 Å². The third-order valence-electron chi connectivity index (χ3n) is 2.71. The van der Waals surface area contributed by atoms with Crippen LogP contribution in [0, 0.1) is 6.92 Å². The van der Waals surface area contributed by atoms with Crippen molar-refractivity contribution in [1.29, 1.82) is 0 Å². The highest BCUT2D eigenvalue weighted by molar-refractivity contribution is 5.78. The fourth-order valence-electron chi connectivity index (χ4n) is 1.61. The third kappa shape index (κ3) is 3.10. The Hall–Kier alpha value is -2.30. The van der Waals surface area contributed by atoms with E-state index in [1.54, 1.807) is 6.20 Å². The highest BCUT2D eigenvalue weighted by atomic mass is 16.1. The van der Waals surface area contributed by atoms with Gasteiger partial charge >= 0.3 is 0 Å².